The molecule has 19 heteroatoms. The molecule has 0 radical (unpaired) electrons. The van der Waals surface area contributed by atoms with E-state index in [9.17, 15) is 53.6 Å². The van der Waals surface area contributed by atoms with Crippen molar-refractivity contribution in [1.82, 2.24) is 26.6 Å². The lowest BCUT2D eigenvalue weighted by molar-refractivity contribution is -0.483. The Morgan fingerprint density at radius 2 is 1.60 bits per heavy atom. The van der Waals surface area contributed by atoms with E-state index in [0.29, 0.717) is 17.7 Å². The minimum Gasteiger partial charge on any atom is -0.391 e. The number of ketones is 1. The minimum absolute atomic E-state index is 0.0351. The van der Waals surface area contributed by atoms with E-state index < -0.39 is 100 Å². The summed E-state index contributed by atoms with van der Waals surface area (Å²) < 4.78 is 0.541. The second kappa shape index (κ2) is 17.7. The number of Topliss-reactive ketones (excluding diaryl/α,β-unsaturated/α-hetero) is 1. The number of nitrogens with one attached hydrogen (secondary N) is 5. The van der Waals surface area contributed by atoms with Gasteiger partial charge in [-0.05, 0) is 48.8 Å². The summed E-state index contributed by atoms with van der Waals surface area (Å²) >= 11 is 0. The van der Waals surface area contributed by atoms with Crippen LogP contribution in [0.5, 0.6) is 0 Å². The largest absolute Gasteiger partial charge is 0.445 e. The summed E-state index contributed by atoms with van der Waals surface area (Å²) in [4.78, 5) is 115. The Kier molecular flexibility index (Phi) is 13.9. The number of hydrogen-bond acceptors (Lipinski definition) is 11. The van der Waals surface area contributed by atoms with Crippen LogP contribution >= 0.6 is 0 Å². The topological polar surface area (TPSA) is 275 Å². The number of benzene rings is 1. The molecule has 282 valence electrons. The molecule has 2 aliphatic heterocycles. The van der Waals surface area contributed by atoms with Crippen LogP contribution in [0.3, 0.4) is 0 Å². The lowest BCUT2D eigenvalue weighted by Crippen LogP contribution is -2.61. The molecule has 7 amide bonds. The lowest BCUT2D eigenvalue weighted by Gasteiger charge is -2.29. The van der Waals surface area contributed by atoms with Gasteiger partial charge in [0, 0.05) is 30.6 Å². The number of aliphatic hydroxyl groups is 1. The average Bonchev–Trinajstić information content (AvgIpc) is 3.46. The van der Waals surface area contributed by atoms with E-state index in [0.717, 1.165) is 6.07 Å². The second-order valence-corrected chi connectivity index (χ2v) is 13.6. The summed E-state index contributed by atoms with van der Waals surface area (Å²) in [5.41, 5.74) is -1.50. The van der Waals surface area contributed by atoms with Crippen LogP contribution in [0.2, 0.25) is 0 Å². The van der Waals surface area contributed by atoms with E-state index in [2.05, 4.69) is 31.7 Å². The maximum atomic E-state index is 13.8. The number of nitro groups is 1. The zero-order valence-electron chi connectivity index (χ0n) is 29.8. The van der Waals surface area contributed by atoms with Crippen LogP contribution in [-0.2, 0) is 28.8 Å². The van der Waals surface area contributed by atoms with Crippen molar-refractivity contribution >= 4 is 52.8 Å². The van der Waals surface area contributed by atoms with Gasteiger partial charge in [-0.1, -0.05) is 33.8 Å². The number of aliphatic hydroxyl groups excluding tert-OH is 1. The molecule has 0 bridgehead atoms. The van der Waals surface area contributed by atoms with E-state index in [-0.39, 0.29) is 36.1 Å². The number of nitro benzene ring substituents is 1. The second-order valence-electron chi connectivity index (χ2n) is 13.6. The molecule has 2 unspecified atom stereocenters. The molecule has 1 saturated heterocycles. The van der Waals surface area contributed by atoms with Gasteiger partial charge in [0.15, 0.2) is 0 Å². The number of carbonyl (C=O) groups is 8. The van der Waals surface area contributed by atoms with Crippen molar-refractivity contribution in [1.29, 1.82) is 0 Å². The van der Waals surface area contributed by atoms with E-state index in [1.165, 1.54) is 26.0 Å². The van der Waals surface area contributed by atoms with E-state index in [1.807, 2.05) is 0 Å². The third-order valence-electron chi connectivity index (χ3n) is 8.53. The fourth-order valence-corrected chi connectivity index (χ4v) is 5.87. The highest BCUT2D eigenvalue weighted by Crippen LogP contribution is 2.27. The van der Waals surface area contributed by atoms with Gasteiger partial charge in [0.2, 0.25) is 41.9 Å². The van der Waals surface area contributed by atoms with Gasteiger partial charge in [-0.15, -0.1) is 0 Å². The Hall–Kier alpha value is -5.46. The van der Waals surface area contributed by atoms with Gasteiger partial charge in [0.05, 0.1) is 17.1 Å². The highest BCUT2D eigenvalue weighted by atomic mass is 16.6. The number of amides is 7. The van der Waals surface area contributed by atoms with Crippen molar-refractivity contribution in [3.05, 3.63) is 39.4 Å². The molecule has 6 atom stereocenters. The summed E-state index contributed by atoms with van der Waals surface area (Å²) in [5.74, 6) is -7.60. The number of rotatable bonds is 17. The molecule has 52 heavy (non-hydrogen) atoms. The minimum atomic E-state index is -1.55. The molecular formula is C33H45N8O11+. The van der Waals surface area contributed by atoms with Gasteiger partial charge in [-0.2, -0.15) is 0 Å². The SMILES string of the molecule is CC(=O)N[C@H](C(=O)NC(C(=O)N[C@@H](CC(C)C)C(=O)N[C@@H](C[C@@H]1CCNC1=O)C(=O)C[N+]1=NC(=O)c2c(cccc2[N+](=O)[O-])C1=O)C(C)O)C(C)C. The third-order valence-corrected chi connectivity index (χ3v) is 8.53. The van der Waals surface area contributed by atoms with Gasteiger partial charge >= 0.3 is 11.8 Å². The first-order valence-electron chi connectivity index (χ1n) is 16.8. The molecule has 2 aliphatic rings. The first-order chi connectivity index (χ1) is 24.3. The maximum Gasteiger partial charge on any atom is 0.445 e. The zero-order chi connectivity index (χ0) is 39.0. The Morgan fingerprint density at radius 1 is 0.962 bits per heavy atom. The summed E-state index contributed by atoms with van der Waals surface area (Å²) in [6, 6.07) is -1.89. The van der Waals surface area contributed by atoms with E-state index in [1.54, 1.807) is 27.7 Å². The van der Waals surface area contributed by atoms with Crippen LogP contribution in [0.4, 0.5) is 5.69 Å². The monoisotopic (exact) mass is 729 g/mol. The molecular weight excluding hydrogens is 684 g/mol. The summed E-state index contributed by atoms with van der Waals surface area (Å²) in [6.45, 7) is 8.82. The van der Waals surface area contributed by atoms with Gasteiger partial charge in [0.1, 0.15) is 29.3 Å². The average molecular weight is 730 g/mol. The van der Waals surface area contributed by atoms with E-state index >= 15 is 0 Å². The van der Waals surface area contributed by atoms with Crippen LogP contribution in [0.15, 0.2) is 23.3 Å². The summed E-state index contributed by atoms with van der Waals surface area (Å²) in [6.07, 6.45) is -1.28. The fourth-order valence-electron chi connectivity index (χ4n) is 5.87. The van der Waals surface area contributed by atoms with Gasteiger partial charge in [-0.3, -0.25) is 43.7 Å². The molecule has 1 fully saturated rings. The Balaban J connectivity index is 1.86. The van der Waals surface area contributed by atoms with Crippen molar-refractivity contribution < 1.29 is 53.1 Å². The summed E-state index contributed by atoms with van der Waals surface area (Å²) in [5, 5.41) is 38.1. The Labute approximate surface area is 298 Å². The number of hydrogen-bond donors (Lipinski definition) is 6. The molecule has 19 nitrogen and oxygen atoms in total. The van der Waals surface area contributed by atoms with Crippen LogP contribution in [0, 0.1) is 27.9 Å². The number of nitrogens with zero attached hydrogens (tertiary/aromatic N) is 3. The van der Waals surface area contributed by atoms with Crippen LogP contribution in [-0.4, -0.2) is 105 Å². The molecule has 0 aliphatic carbocycles. The first kappa shape index (κ1) is 41.0. The van der Waals surface area contributed by atoms with Gasteiger partial charge in [-0.25, -0.2) is 4.79 Å². The number of carbonyl (C=O) groups excluding carboxylic acids is 8. The number of fused-ring (bicyclic) bond motifs is 1. The summed E-state index contributed by atoms with van der Waals surface area (Å²) in [7, 11) is 0. The van der Waals surface area contributed by atoms with Crippen LogP contribution < -0.4 is 26.6 Å². The normalized spacial score (nSPS) is 18.3. The smallest absolute Gasteiger partial charge is 0.391 e. The highest BCUT2D eigenvalue weighted by Gasteiger charge is 2.43. The standard InChI is InChI=1S/C33H44N8O11/c1-15(2)12-22(37-32(49)27(17(5)42)38-31(48)26(16(3)4)35-18(6)43)29(46)36-21(13-19-10-11-34-28(19)45)24(44)14-40-33(50)20-8-7-9-23(41(51)52)25(20)30(47)39-40/h7-9,15-17,19,21-22,26-27,42H,10-14H2,1-6H3,(H4-,34,35,36,37,38,43,45,46,48,49)/p+1/t17?,19-,21-,22-,26-,27?/m0/s1. The molecule has 6 N–H and O–H groups in total. The Bertz CT molecular complexity index is 1670. The fraction of sp³-hybridized carbons (Fsp3) is 0.576. The van der Waals surface area contributed by atoms with Crippen molar-refractivity contribution in [2.45, 2.75) is 91.1 Å². The van der Waals surface area contributed by atoms with Crippen LogP contribution in [0.1, 0.15) is 81.5 Å². The van der Waals surface area contributed by atoms with Crippen molar-refractivity contribution in [2.75, 3.05) is 13.1 Å². The molecule has 1 aromatic carbocycles. The molecule has 0 aromatic heterocycles. The Morgan fingerprint density at radius 3 is 2.13 bits per heavy atom. The van der Waals surface area contributed by atoms with Crippen molar-refractivity contribution in [2.24, 2.45) is 22.9 Å². The number of azo groups is 2. The third kappa shape index (κ3) is 10.3. The first-order valence-corrected chi connectivity index (χ1v) is 16.8. The molecule has 3 rings (SSSR count). The molecule has 1 aromatic rings. The molecule has 0 spiro atoms. The predicted molar refractivity (Wildman–Crippen MR) is 179 cm³/mol. The van der Waals surface area contributed by atoms with Crippen molar-refractivity contribution in [3.8, 4) is 0 Å². The van der Waals surface area contributed by atoms with Gasteiger partial charge < -0.3 is 31.7 Å². The predicted octanol–water partition coefficient (Wildman–Crippen LogP) is -0.509. The van der Waals surface area contributed by atoms with E-state index in [4.69, 9.17) is 0 Å². The molecule has 0 saturated carbocycles. The van der Waals surface area contributed by atoms with Gasteiger partial charge in [0.25, 0.3) is 5.69 Å². The quantitative estimate of drug-likeness (QED) is 0.0675. The zero-order valence-corrected chi connectivity index (χ0v) is 29.8. The highest BCUT2D eigenvalue weighted by molar-refractivity contribution is 6.10. The van der Waals surface area contributed by atoms with Crippen molar-refractivity contribution in [3.63, 3.8) is 0 Å². The van der Waals surface area contributed by atoms with Crippen LogP contribution in [0.25, 0.3) is 0 Å². The lowest BCUT2D eigenvalue weighted by atomic mass is 9.94. The maximum absolute atomic E-state index is 13.8. The molecule has 2 heterocycles.